The van der Waals surface area contributed by atoms with E-state index in [-0.39, 0.29) is 5.91 Å². The summed E-state index contributed by atoms with van der Waals surface area (Å²) < 4.78 is 17.7. The van der Waals surface area contributed by atoms with E-state index in [1.807, 2.05) is 27.0 Å². The van der Waals surface area contributed by atoms with Gasteiger partial charge in [0.2, 0.25) is 10.9 Å². The molecule has 136 valence electrons. The van der Waals surface area contributed by atoms with Gasteiger partial charge in [0.15, 0.2) is 15.8 Å². The number of nitrogens with zero attached hydrogens (tertiary/aromatic N) is 2. The number of nitrogens with one attached hydrogen (secondary N) is 1. The van der Waals surface area contributed by atoms with Crippen molar-refractivity contribution in [2.45, 2.75) is 25.1 Å². The molecular weight excluding hydrogens is 362 g/mol. The summed E-state index contributed by atoms with van der Waals surface area (Å²) in [6.07, 6.45) is 1.90. The molecule has 1 heterocycles. The lowest BCUT2D eigenvalue weighted by Gasteiger charge is -2.16. The molecule has 2 rings (SSSR count). The number of thioether (sulfide) groups is 1. The zero-order valence-corrected chi connectivity index (χ0v) is 16.3. The highest BCUT2D eigenvalue weighted by molar-refractivity contribution is 8.00. The number of aromatic nitrogens is 2. The molecule has 0 aliphatic carbocycles. The zero-order valence-electron chi connectivity index (χ0n) is 14.6. The first-order chi connectivity index (χ1) is 12.1. The minimum absolute atomic E-state index is 0.311. The topological polar surface area (TPSA) is 82.6 Å². The summed E-state index contributed by atoms with van der Waals surface area (Å²) in [6, 6.07) is 3.28. The molecule has 7 nitrogen and oxygen atoms in total. The Bertz CT molecular complexity index is 694. The maximum Gasteiger partial charge on any atom is 0.257 e. The van der Waals surface area contributed by atoms with Crippen molar-refractivity contribution in [3.63, 3.8) is 0 Å². The van der Waals surface area contributed by atoms with E-state index in [0.717, 1.165) is 4.34 Å². The first-order valence-electron chi connectivity index (χ1n) is 7.88. The second-order valence-corrected chi connectivity index (χ2v) is 6.66. The highest BCUT2D eigenvalue weighted by Gasteiger charge is 2.19. The normalized spacial score (nSPS) is 10.4. The third-order valence-electron chi connectivity index (χ3n) is 2.97. The van der Waals surface area contributed by atoms with Gasteiger partial charge < -0.3 is 14.2 Å². The minimum atomic E-state index is -0.311. The number of hydrogen-bond acceptors (Lipinski definition) is 8. The fourth-order valence-electron chi connectivity index (χ4n) is 2.03. The van der Waals surface area contributed by atoms with E-state index in [0.29, 0.717) is 47.8 Å². The maximum atomic E-state index is 12.6. The van der Waals surface area contributed by atoms with Gasteiger partial charge in [-0.05, 0) is 39.2 Å². The van der Waals surface area contributed by atoms with E-state index in [1.165, 1.54) is 23.1 Å². The van der Waals surface area contributed by atoms with Crippen molar-refractivity contribution >= 4 is 34.1 Å². The lowest BCUT2D eigenvalue weighted by molar-refractivity contribution is 0.102. The van der Waals surface area contributed by atoms with Gasteiger partial charge in [-0.2, -0.15) is 0 Å². The van der Waals surface area contributed by atoms with Crippen molar-refractivity contribution < 1.29 is 19.0 Å². The summed E-state index contributed by atoms with van der Waals surface area (Å²) in [7, 11) is 0. The van der Waals surface area contributed by atoms with Gasteiger partial charge in [0.1, 0.15) is 0 Å². The quantitative estimate of drug-likeness (QED) is 0.522. The smallest absolute Gasteiger partial charge is 0.257 e. The molecule has 25 heavy (non-hydrogen) atoms. The van der Waals surface area contributed by atoms with Crippen LogP contribution in [0.25, 0.3) is 0 Å². The van der Waals surface area contributed by atoms with E-state index in [4.69, 9.17) is 14.2 Å². The Morgan fingerprint density at radius 1 is 1.08 bits per heavy atom. The molecule has 1 aromatic heterocycles. The van der Waals surface area contributed by atoms with Gasteiger partial charge in [0.25, 0.3) is 5.91 Å². The molecule has 1 N–H and O–H groups in total. The van der Waals surface area contributed by atoms with Crippen LogP contribution in [-0.4, -0.2) is 42.2 Å². The molecule has 0 spiro atoms. The number of ether oxygens (including phenoxy) is 3. The summed E-state index contributed by atoms with van der Waals surface area (Å²) in [5, 5.41) is 11.1. The number of rotatable bonds is 9. The fourth-order valence-corrected chi connectivity index (χ4v) is 3.20. The Balaban J connectivity index is 2.33. The van der Waals surface area contributed by atoms with Crippen molar-refractivity contribution in [2.75, 3.05) is 31.4 Å². The highest BCUT2D eigenvalue weighted by Crippen LogP contribution is 2.39. The monoisotopic (exact) mass is 383 g/mol. The minimum Gasteiger partial charge on any atom is -0.490 e. The Morgan fingerprint density at radius 2 is 1.68 bits per heavy atom. The summed E-state index contributed by atoms with van der Waals surface area (Å²) in [5.74, 6) is 1.14. The number of carbonyl (C=O) groups excluding carboxylic acids is 1. The number of carbonyl (C=O) groups is 1. The summed E-state index contributed by atoms with van der Waals surface area (Å²) >= 11 is 2.79. The van der Waals surface area contributed by atoms with Crippen LogP contribution >= 0.6 is 23.1 Å². The average Bonchev–Trinajstić information content (AvgIpc) is 3.05. The van der Waals surface area contributed by atoms with E-state index < -0.39 is 0 Å². The Kier molecular flexibility index (Phi) is 7.32. The zero-order chi connectivity index (χ0) is 18.2. The predicted octanol–water partition coefficient (Wildman–Crippen LogP) is 3.71. The molecule has 1 aromatic carbocycles. The number of benzene rings is 1. The Hall–Kier alpha value is -2.00. The molecule has 0 aliphatic heterocycles. The second kappa shape index (κ2) is 9.47. The lowest BCUT2D eigenvalue weighted by atomic mass is 10.1. The van der Waals surface area contributed by atoms with E-state index in [2.05, 4.69) is 15.5 Å². The van der Waals surface area contributed by atoms with Gasteiger partial charge >= 0.3 is 0 Å². The average molecular weight is 383 g/mol. The molecule has 0 bridgehead atoms. The maximum absolute atomic E-state index is 12.6. The van der Waals surface area contributed by atoms with Crippen LogP contribution in [0.2, 0.25) is 0 Å². The van der Waals surface area contributed by atoms with Gasteiger partial charge in [0, 0.05) is 5.56 Å². The van der Waals surface area contributed by atoms with Crippen molar-refractivity contribution in [1.82, 2.24) is 10.2 Å². The predicted molar refractivity (Wildman–Crippen MR) is 99.6 cm³/mol. The van der Waals surface area contributed by atoms with Crippen molar-refractivity contribution in [2.24, 2.45) is 0 Å². The molecule has 9 heteroatoms. The van der Waals surface area contributed by atoms with Crippen LogP contribution in [0.5, 0.6) is 17.2 Å². The van der Waals surface area contributed by atoms with Crippen LogP contribution in [0, 0.1) is 0 Å². The van der Waals surface area contributed by atoms with Crippen LogP contribution in [0.1, 0.15) is 31.1 Å². The first kappa shape index (κ1) is 19.3. The number of hydrogen-bond donors (Lipinski definition) is 1. The first-order valence-corrected chi connectivity index (χ1v) is 9.92. The van der Waals surface area contributed by atoms with Gasteiger partial charge in [-0.25, -0.2) is 0 Å². The van der Waals surface area contributed by atoms with Crippen molar-refractivity contribution in [1.29, 1.82) is 0 Å². The lowest BCUT2D eigenvalue weighted by Crippen LogP contribution is -2.13. The van der Waals surface area contributed by atoms with Crippen LogP contribution < -0.4 is 19.5 Å². The second-order valence-electron chi connectivity index (χ2n) is 4.63. The van der Waals surface area contributed by atoms with E-state index in [9.17, 15) is 4.79 Å². The molecule has 1 amide bonds. The molecule has 0 saturated carbocycles. The molecule has 0 fully saturated rings. The Morgan fingerprint density at radius 3 is 2.16 bits per heavy atom. The van der Waals surface area contributed by atoms with Gasteiger partial charge in [0.05, 0.1) is 19.8 Å². The van der Waals surface area contributed by atoms with Crippen molar-refractivity contribution in [3.8, 4) is 17.2 Å². The number of amides is 1. The molecule has 0 aliphatic rings. The van der Waals surface area contributed by atoms with Crippen LogP contribution in [-0.2, 0) is 0 Å². The number of anilines is 1. The van der Waals surface area contributed by atoms with Gasteiger partial charge in [-0.15, -0.1) is 10.2 Å². The van der Waals surface area contributed by atoms with E-state index >= 15 is 0 Å². The van der Waals surface area contributed by atoms with Crippen LogP contribution in [0.4, 0.5) is 5.13 Å². The van der Waals surface area contributed by atoms with E-state index in [1.54, 1.807) is 12.1 Å². The van der Waals surface area contributed by atoms with Gasteiger partial charge in [-0.1, -0.05) is 23.1 Å². The molecular formula is C16H21N3O4S2. The molecule has 0 radical (unpaired) electrons. The molecule has 2 aromatic rings. The van der Waals surface area contributed by atoms with Crippen molar-refractivity contribution in [3.05, 3.63) is 17.7 Å². The Labute approximate surface area is 155 Å². The summed E-state index contributed by atoms with van der Waals surface area (Å²) in [6.45, 7) is 6.98. The molecule has 0 unspecified atom stereocenters. The third-order valence-corrected chi connectivity index (χ3v) is 4.79. The van der Waals surface area contributed by atoms with Gasteiger partial charge in [-0.3, -0.25) is 10.1 Å². The fraction of sp³-hybridized carbons (Fsp3) is 0.438. The largest absolute Gasteiger partial charge is 0.490 e. The summed E-state index contributed by atoms with van der Waals surface area (Å²) in [5.41, 5.74) is 0.399. The summed E-state index contributed by atoms with van der Waals surface area (Å²) in [4.78, 5) is 12.6. The van der Waals surface area contributed by atoms with Crippen LogP contribution in [0.15, 0.2) is 16.5 Å². The standard InChI is InChI=1S/C16H21N3O4S2/c1-5-21-11-8-10(9-12(22-6-2)13(11)23-7-3)14(20)17-15-18-19-16(24-4)25-15/h8-9H,5-7H2,1-4H3,(H,17,18,20). The molecule has 0 saturated heterocycles. The molecule has 0 atom stereocenters. The SMILES string of the molecule is CCOc1cc(C(=O)Nc2nnc(SC)s2)cc(OCC)c1OCC. The third kappa shape index (κ3) is 4.99. The van der Waals surface area contributed by atoms with Crippen LogP contribution in [0.3, 0.4) is 0 Å². The highest BCUT2D eigenvalue weighted by atomic mass is 32.2.